The van der Waals surface area contributed by atoms with E-state index < -0.39 is 128 Å². The first kappa shape index (κ1) is 50.7. The number of nitrogen functional groups attached to an aromatic ring is 3. The van der Waals surface area contributed by atoms with Gasteiger partial charge in [0.1, 0.15) is 72.6 Å². The van der Waals surface area contributed by atoms with E-state index in [1.807, 2.05) is 0 Å². The zero-order valence-electron chi connectivity index (χ0n) is 36.9. The van der Waals surface area contributed by atoms with Crippen LogP contribution in [0.2, 0.25) is 0 Å². The third-order valence-corrected chi connectivity index (χ3v) is 14.1. The first-order chi connectivity index (χ1) is 33.6. The average Bonchev–Trinajstić information content (AvgIpc) is 4.16. The molecule has 6 unspecified atom stereocenters. The second-order valence-corrected chi connectivity index (χ2v) is 20.8. The molecule has 3 aliphatic rings. The molecule has 3 saturated heterocycles. The number of anilines is 3. The molecule has 0 spiro atoms. The number of methoxy groups -OCH3 is 2. The van der Waals surface area contributed by atoms with Gasteiger partial charge in [0, 0.05) is 27.0 Å². The Morgan fingerprint density at radius 1 is 0.648 bits per heavy atom. The number of hydrogen-bond acceptors (Lipinski definition) is 26. The summed E-state index contributed by atoms with van der Waals surface area (Å²) in [5.41, 5.74) is 16.2. The lowest BCUT2D eigenvalue weighted by Gasteiger charge is -2.27. The Morgan fingerprint density at radius 2 is 1.17 bits per heavy atom. The summed E-state index contributed by atoms with van der Waals surface area (Å²) >= 11 is 0. The highest BCUT2D eigenvalue weighted by atomic mass is 31.2. The fraction of sp³-hybridized carbons (Fsp3) is 0.529. The van der Waals surface area contributed by atoms with Gasteiger partial charge in [-0.15, -0.1) is 0 Å². The van der Waals surface area contributed by atoms with Crippen LogP contribution < -0.4 is 28.3 Å². The molecule has 3 fully saturated rings. The SMILES string of the molecule is COC1[C@@H](OP(=O)(O)OC[C@H]2O[C@@H](n3cnc4c(=O)[nH]c(N)nc43)C(OC)[C@H]2OP(=O)(O)OC[C@H]2O[C@@H](n3cnc4c(=O)[nH]c(N)cc43)C(O)[C@H]2O)[C@@H](COP(C)(=O)O)O[C@H]1n1cnc2c(N)ncnc21. The maximum atomic E-state index is 14.0. The summed E-state index contributed by atoms with van der Waals surface area (Å²) in [4.78, 5) is 86.7. The minimum absolute atomic E-state index is 0.0184. The summed E-state index contributed by atoms with van der Waals surface area (Å²) in [6.07, 6.45) is -13.6. The fourth-order valence-corrected chi connectivity index (χ4v) is 10.7. The number of aromatic amines is 2. The number of pyridine rings is 1. The van der Waals surface area contributed by atoms with Crippen LogP contribution in [0.4, 0.5) is 17.6 Å². The predicted molar refractivity (Wildman–Crippen MR) is 235 cm³/mol. The largest absolute Gasteiger partial charge is 0.472 e. The van der Waals surface area contributed by atoms with Crippen LogP contribution in [0.5, 0.6) is 0 Å². The lowest BCUT2D eigenvalue weighted by atomic mass is 10.1. The molecular formula is C34H45N14O20P3. The Balaban J connectivity index is 0.958. The van der Waals surface area contributed by atoms with Crippen LogP contribution in [0.3, 0.4) is 0 Å². The number of nitrogens with one attached hydrogen (secondary N) is 2. The molecule has 0 bridgehead atoms. The molecule has 386 valence electrons. The molecule has 0 amide bonds. The molecule has 15 atom stereocenters. The molecular weight excluding hydrogens is 1020 g/mol. The summed E-state index contributed by atoms with van der Waals surface area (Å²) in [5, 5.41) is 21.9. The molecule has 13 N–H and O–H groups in total. The lowest BCUT2D eigenvalue weighted by Crippen LogP contribution is -2.39. The quantitative estimate of drug-likeness (QED) is 0.0406. The third-order valence-electron chi connectivity index (χ3n) is 11.5. The minimum Gasteiger partial charge on any atom is -0.387 e. The van der Waals surface area contributed by atoms with Crippen LogP contribution >= 0.6 is 23.2 Å². The second-order valence-electron chi connectivity index (χ2n) is 16.1. The van der Waals surface area contributed by atoms with E-state index in [0.29, 0.717) is 0 Å². The summed E-state index contributed by atoms with van der Waals surface area (Å²) < 4.78 is 100. The van der Waals surface area contributed by atoms with Crippen molar-refractivity contribution in [3.05, 3.63) is 52.1 Å². The predicted octanol–water partition coefficient (Wildman–Crippen LogP) is -2.28. The number of nitrogens with two attached hydrogens (primary N) is 3. The summed E-state index contributed by atoms with van der Waals surface area (Å²) in [6, 6.07) is 1.34. The summed E-state index contributed by atoms with van der Waals surface area (Å²) in [6.45, 7) is -1.68. The first-order valence-electron chi connectivity index (χ1n) is 20.7. The normalized spacial score (nSPS) is 30.6. The van der Waals surface area contributed by atoms with Gasteiger partial charge >= 0.3 is 23.2 Å². The van der Waals surface area contributed by atoms with Crippen LogP contribution in [0, 0.1) is 0 Å². The number of phosphoric acid groups is 2. The topological polar surface area (TPSA) is 481 Å². The maximum Gasteiger partial charge on any atom is 0.472 e. The lowest BCUT2D eigenvalue weighted by molar-refractivity contribution is -0.0630. The Morgan fingerprint density at radius 3 is 1.77 bits per heavy atom. The van der Waals surface area contributed by atoms with Gasteiger partial charge in [-0.25, -0.2) is 34.0 Å². The number of aliphatic hydroxyl groups is 2. The Labute approximate surface area is 395 Å². The van der Waals surface area contributed by atoms with Crippen molar-refractivity contribution < 1.29 is 84.9 Å². The number of nitrogens with zero attached hydrogens (tertiary/aromatic N) is 9. The van der Waals surface area contributed by atoms with Crippen LogP contribution in [0.15, 0.2) is 41.0 Å². The summed E-state index contributed by atoms with van der Waals surface area (Å²) in [7, 11) is -12.6. The number of fused-ring (bicyclic) bond motifs is 3. The highest BCUT2D eigenvalue weighted by Crippen LogP contribution is 2.53. The van der Waals surface area contributed by atoms with E-state index in [1.54, 1.807) is 0 Å². The number of rotatable bonds is 18. The molecule has 3 aliphatic heterocycles. The number of H-pyrrole nitrogens is 2. The van der Waals surface area contributed by atoms with Crippen LogP contribution in [0.25, 0.3) is 33.4 Å². The van der Waals surface area contributed by atoms with Gasteiger partial charge in [0.25, 0.3) is 11.1 Å². The molecule has 71 heavy (non-hydrogen) atoms. The van der Waals surface area contributed by atoms with Gasteiger partial charge in [-0.2, -0.15) is 4.98 Å². The van der Waals surface area contributed by atoms with Gasteiger partial charge in [0.05, 0.1) is 44.3 Å². The van der Waals surface area contributed by atoms with Crippen molar-refractivity contribution in [2.24, 2.45) is 0 Å². The number of hydrogen-bond donors (Lipinski definition) is 10. The van der Waals surface area contributed by atoms with Crippen molar-refractivity contribution >= 4 is 74.2 Å². The number of imidazole rings is 3. The molecule has 9 rings (SSSR count). The molecule has 0 aliphatic carbocycles. The van der Waals surface area contributed by atoms with Crippen LogP contribution in [0.1, 0.15) is 18.7 Å². The Kier molecular flexibility index (Phi) is 13.8. The van der Waals surface area contributed by atoms with Gasteiger partial charge < -0.3 is 79.9 Å². The van der Waals surface area contributed by atoms with Crippen LogP contribution in [-0.2, 0) is 60.0 Å². The fourth-order valence-electron chi connectivity index (χ4n) is 8.35. The van der Waals surface area contributed by atoms with Gasteiger partial charge in [-0.3, -0.25) is 46.4 Å². The van der Waals surface area contributed by atoms with E-state index in [4.69, 9.17) is 63.5 Å². The standard InChI is InChI=1S/C34H45N14O20P3/c1-59-24-22(14(6-61-69(3,53)54)65-32(24)47-10-41-18-26(36)38-8-39-27(18)47)67-71(57,58)63-7-15-23(25(60-2)33(66-15)48-11-42-19-28(48)44-34(37)45-30(19)52)68-70(55,56)62-5-13-20(49)21(50)31(64-13)46-9-40-17-12(46)4-16(35)43-29(17)51/h4,8-11,13-15,20-25,31-33,49-50H,5-7H2,1-3H3,(H,53,54)(H,55,56)(H,57,58)(H3,35,43,51)(H2,36,38,39)(H3,37,44,45,52)/t13-,14-,15-,20+,21?,22+,23+,24?,25?,31-,32-,33-/m1/s1. The second kappa shape index (κ2) is 19.3. The number of aliphatic hydroxyl groups excluding tert-OH is 2. The van der Waals surface area contributed by atoms with E-state index in [1.165, 1.54) is 33.2 Å². The summed E-state index contributed by atoms with van der Waals surface area (Å²) in [5.74, 6) is -0.345. The van der Waals surface area contributed by atoms with Crippen molar-refractivity contribution in [2.75, 3.05) is 57.9 Å². The van der Waals surface area contributed by atoms with Crippen molar-refractivity contribution in [2.45, 2.75) is 73.6 Å². The van der Waals surface area contributed by atoms with E-state index in [9.17, 15) is 48.2 Å². The zero-order valence-corrected chi connectivity index (χ0v) is 39.6. The van der Waals surface area contributed by atoms with E-state index in [0.717, 1.165) is 32.8 Å². The number of ether oxygens (including phenoxy) is 5. The molecule has 6 aromatic rings. The molecule has 34 nitrogen and oxygen atoms in total. The van der Waals surface area contributed by atoms with E-state index >= 15 is 0 Å². The zero-order chi connectivity index (χ0) is 50.9. The van der Waals surface area contributed by atoms with Crippen molar-refractivity contribution in [3.8, 4) is 0 Å². The molecule has 0 radical (unpaired) electrons. The molecule has 9 heterocycles. The number of aromatic nitrogens is 11. The van der Waals surface area contributed by atoms with Gasteiger partial charge in [0.15, 0.2) is 46.8 Å². The average molecular weight is 1060 g/mol. The minimum atomic E-state index is -5.38. The number of phosphoric ester groups is 2. The Hall–Kier alpha value is -5.19. The smallest absolute Gasteiger partial charge is 0.387 e. The van der Waals surface area contributed by atoms with Gasteiger partial charge in [-0.1, -0.05) is 0 Å². The van der Waals surface area contributed by atoms with Crippen molar-refractivity contribution in [1.82, 2.24) is 53.6 Å². The molecule has 37 heteroatoms. The van der Waals surface area contributed by atoms with Crippen LogP contribution in [-0.4, -0.2) is 174 Å². The van der Waals surface area contributed by atoms with E-state index in [2.05, 4.69) is 39.9 Å². The third kappa shape index (κ3) is 10.0. The highest BCUT2D eigenvalue weighted by Gasteiger charge is 2.54. The molecule has 6 aromatic heterocycles. The van der Waals surface area contributed by atoms with Crippen molar-refractivity contribution in [1.29, 1.82) is 0 Å². The first-order valence-corrected chi connectivity index (χ1v) is 25.7. The van der Waals surface area contributed by atoms with Gasteiger partial charge in [0.2, 0.25) is 5.95 Å². The van der Waals surface area contributed by atoms with E-state index in [-0.39, 0.29) is 50.9 Å². The van der Waals surface area contributed by atoms with Crippen molar-refractivity contribution in [3.63, 3.8) is 0 Å². The Bertz CT molecular complexity index is 3220. The maximum absolute atomic E-state index is 14.0. The molecule has 0 saturated carbocycles. The highest BCUT2D eigenvalue weighted by molar-refractivity contribution is 7.51. The van der Waals surface area contributed by atoms with Gasteiger partial charge in [-0.05, 0) is 0 Å². The monoisotopic (exact) mass is 1060 g/mol. The molecule has 0 aromatic carbocycles.